The van der Waals surface area contributed by atoms with Crippen molar-refractivity contribution >= 4 is 33.2 Å². The number of rotatable bonds is 6. The highest BCUT2D eigenvalue weighted by molar-refractivity contribution is 7.17. The van der Waals surface area contributed by atoms with Crippen LogP contribution in [0, 0.1) is 10.1 Å². The number of hydrogen-bond donors (Lipinski definition) is 1. The average Bonchev–Trinajstić information content (AvgIpc) is 3.16. The van der Waals surface area contributed by atoms with Crippen LogP contribution in [-0.4, -0.2) is 25.6 Å². The molecule has 8 nitrogen and oxygen atoms in total. The topological polar surface area (TPSA) is 115 Å². The molecule has 9 heteroatoms. The zero-order valence-corrected chi connectivity index (χ0v) is 16.3. The van der Waals surface area contributed by atoms with Crippen LogP contribution in [0.4, 0.5) is 5.69 Å². The summed E-state index contributed by atoms with van der Waals surface area (Å²) >= 11 is 1.12. The average molecular weight is 421 g/mol. The Labute approximate surface area is 173 Å². The Morgan fingerprint density at radius 1 is 1.10 bits per heavy atom. The molecule has 2 aromatic heterocycles. The Kier molecular flexibility index (Phi) is 5.11. The van der Waals surface area contributed by atoms with E-state index in [1.807, 2.05) is 30.3 Å². The maximum Gasteiger partial charge on any atom is 0.337 e. The number of carboxylic acids is 1. The number of aromatic nitrogens is 2. The smallest absolute Gasteiger partial charge is 0.337 e. The second-order valence-corrected chi connectivity index (χ2v) is 7.50. The fourth-order valence-electron chi connectivity index (χ4n) is 3.21. The molecule has 30 heavy (non-hydrogen) atoms. The van der Waals surface area contributed by atoms with Crippen molar-refractivity contribution < 1.29 is 14.8 Å². The summed E-state index contributed by atoms with van der Waals surface area (Å²) in [4.78, 5) is 40.2. The van der Waals surface area contributed by atoms with Crippen molar-refractivity contribution in [3.63, 3.8) is 0 Å². The van der Waals surface area contributed by atoms with Gasteiger partial charge in [-0.1, -0.05) is 42.5 Å². The van der Waals surface area contributed by atoms with E-state index in [-0.39, 0.29) is 23.2 Å². The van der Waals surface area contributed by atoms with Gasteiger partial charge in [-0.2, -0.15) is 0 Å². The lowest BCUT2D eigenvalue weighted by Gasteiger charge is -2.13. The molecular weight excluding hydrogens is 406 g/mol. The van der Waals surface area contributed by atoms with Gasteiger partial charge in [0, 0.05) is 23.9 Å². The molecule has 0 radical (unpaired) electrons. The first-order valence-corrected chi connectivity index (χ1v) is 9.83. The molecule has 0 atom stereocenters. The summed E-state index contributed by atoms with van der Waals surface area (Å²) < 4.78 is 1.44. The zero-order valence-electron chi connectivity index (χ0n) is 15.5. The molecule has 0 amide bonds. The minimum atomic E-state index is -1.18. The highest BCUT2D eigenvalue weighted by Crippen LogP contribution is 2.23. The monoisotopic (exact) mass is 421 g/mol. The molecule has 0 spiro atoms. The molecule has 0 saturated carbocycles. The minimum Gasteiger partial charge on any atom is -0.478 e. The number of carbonyl (C=O) groups is 1. The lowest BCUT2D eigenvalue weighted by Crippen LogP contribution is -2.26. The first kappa shape index (κ1) is 19.5. The largest absolute Gasteiger partial charge is 0.478 e. The van der Waals surface area contributed by atoms with E-state index in [4.69, 9.17) is 0 Å². The maximum absolute atomic E-state index is 13.3. The second kappa shape index (κ2) is 7.88. The number of hydrogen-bond acceptors (Lipinski definition) is 6. The van der Waals surface area contributed by atoms with E-state index in [0.29, 0.717) is 22.6 Å². The molecule has 4 aromatic rings. The number of nitro benzene ring substituents is 1. The van der Waals surface area contributed by atoms with Gasteiger partial charge in [-0.3, -0.25) is 19.5 Å². The van der Waals surface area contributed by atoms with Crippen molar-refractivity contribution in [2.24, 2.45) is 0 Å². The van der Waals surface area contributed by atoms with E-state index in [1.165, 1.54) is 22.1 Å². The highest BCUT2D eigenvalue weighted by atomic mass is 32.1. The number of carboxylic acid groups (broad SMARTS) is 1. The molecule has 0 aliphatic rings. The number of benzene rings is 2. The fourth-order valence-corrected chi connectivity index (χ4v) is 4.13. The van der Waals surface area contributed by atoms with E-state index >= 15 is 0 Å². The Morgan fingerprint density at radius 2 is 1.80 bits per heavy atom. The van der Waals surface area contributed by atoms with Gasteiger partial charge < -0.3 is 5.11 Å². The van der Waals surface area contributed by atoms with Crippen LogP contribution in [0.3, 0.4) is 0 Å². The van der Waals surface area contributed by atoms with E-state index in [2.05, 4.69) is 4.98 Å². The molecule has 0 bridgehead atoms. The molecule has 2 heterocycles. The summed E-state index contributed by atoms with van der Waals surface area (Å²) in [6, 6.07) is 15.4. The lowest BCUT2D eigenvalue weighted by atomic mass is 10.1. The van der Waals surface area contributed by atoms with Crippen LogP contribution in [0.2, 0.25) is 0 Å². The van der Waals surface area contributed by atoms with Crippen LogP contribution in [0.15, 0.2) is 64.8 Å². The van der Waals surface area contributed by atoms with Crippen LogP contribution in [0.5, 0.6) is 0 Å². The summed E-state index contributed by atoms with van der Waals surface area (Å²) in [6.07, 6.45) is 0.388. The molecule has 2 aromatic carbocycles. The van der Waals surface area contributed by atoms with E-state index in [9.17, 15) is 24.8 Å². The number of thiophene rings is 1. The van der Waals surface area contributed by atoms with E-state index in [1.54, 1.807) is 12.1 Å². The SMILES string of the molecule is O=C(O)c1csc2nc(Cc3ccccc3)n(Cc3ccc([N+](=O)[O-])cc3)c(=O)c12. The van der Waals surface area contributed by atoms with Gasteiger partial charge in [0.15, 0.2) is 0 Å². The Balaban J connectivity index is 1.85. The van der Waals surface area contributed by atoms with Gasteiger partial charge in [0.25, 0.3) is 11.2 Å². The second-order valence-electron chi connectivity index (χ2n) is 6.64. The predicted octanol–water partition coefficient (Wildman–Crippen LogP) is 3.70. The third kappa shape index (κ3) is 3.70. The zero-order chi connectivity index (χ0) is 21.3. The number of fused-ring (bicyclic) bond motifs is 1. The van der Waals surface area contributed by atoms with Gasteiger partial charge >= 0.3 is 5.97 Å². The van der Waals surface area contributed by atoms with Crippen LogP contribution in [0.1, 0.15) is 27.3 Å². The third-order valence-corrected chi connectivity index (χ3v) is 5.57. The van der Waals surface area contributed by atoms with Crippen LogP contribution < -0.4 is 5.56 Å². The number of non-ortho nitro benzene ring substituents is 1. The van der Waals surface area contributed by atoms with Crippen molar-refractivity contribution in [3.8, 4) is 0 Å². The summed E-state index contributed by atoms with van der Waals surface area (Å²) in [5.74, 6) is -0.686. The number of nitrogens with zero attached hydrogens (tertiary/aromatic N) is 3. The molecule has 0 fully saturated rings. The van der Waals surface area contributed by atoms with Crippen molar-refractivity contribution in [2.75, 3.05) is 0 Å². The van der Waals surface area contributed by atoms with Crippen molar-refractivity contribution in [1.82, 2.24) is 9.55 Å². The molecule has 1 N–H and O–H groups in total. The van der Waals surface area contributed by atoms with Crippen molar-refractivity contribution in [1.29, 1.82) is 0 Å². The normalized spacial score (nSPS) is 10.9. The Morgan fingerprint density at radius 3 is 2.43 bits per heavy atom. The molecular formula is C21H15N3O5S. The van der Waals surface area contributed by atoms with Gasteiger partial charge in [0.2, 0.25) is 0 Å². The quantitative estimate of drug-likeness (QED) is 0.375. The Hall–Kier alpha value is -3.85. The Bertz CT molecular complexity index is 1310. The van der Waals surface area contributed by atoms with Gasteiger partial charge in [0.05, 0.1) is 22.4 Å². The van der Waals surface area contributed by atoms with Gasteiger partial charge in [-0.05, 0) is 11.1 Å². The molecule has 0 aliphatic heterocycles. The lowest BCUT2D eigenvalue weighted by molar-refractivity contribution is -0.384. The number of aromatic carboxylic acids is 1. The predicted molar refractivity (Wildman–Crippen MR) is 112 cm³/mol. The molecule has 0 saturated heterocycles. The molecule has 0 aliphatic carbocycles. The van der Waals surface area contributed by atoms with Gasteiger partial charge in [0.1, 0.15) is 10.7 Å². The maximum atomic E-state index is 13.3. The van der Waals surface area contributed by atoms with Gasteiger partial charge in [-0.15, -0.1) is 11.3 Å². The highest BCUT2D eigenvalue weighted by Gasteiger charge is 2.20. The molecule has 4 rings (SSSR count). The van der Waals surface area contributed by atoms with Gasteiger partial charge in [-0.25, -0.2) is 9.78 Å². The molecule has 150 valence electrons. The standard InChI is InChI=1S/C21H15N3O5S/c25-20-18-16(21(26)27)12-30-19(18)22-17(10-13-4-2-1-3-5-13)23(20)11-14-6-8-15(9-7-14)24(28)29/h1-9,12H,10-11H2,(H,26,27). The summed E-state index contributed by atoms with van der Waals surface area (Å²) in [5, 5.41) is 21.8. The van der Waals surface area contributed by atoms with Crippen LogP contribution in [-0.2, 0) is 13.0 Å². The van der Waals surface area contributed by atoms with E-state index < -0.39 is 16.5 Å². The van der Waals surface area contributed by atoms with Crippen LogP contribution in [0.25, 0.3) is 10.2 Å². The fraction of sp³-hybridized carbons (Fsp3) is 0.0952. The first-order valence-electron chi connectivity index (χ1n) is 8.95. The summed E-state index contributed by atoms with van der Waals surface area (Å²) in [6.45, 7) is 0.122. The number of nitro groups is 1. The van der Waals surface area contributed by atoms with Crippen molar-refractivity contribution in [2.45, 2.75) is 13.0 Å². The third-order valence-electron chi connectivity index (χ3n) is 4.70. The summed E-state index contributed by atoms with van der Waals surface area (Å²) in [7, 11) is 0. The van der Waals surface area contributed by atoms with Crippen molar-refractivity contribution in [3.05, 3.63) is 103 Å². The minimum absolute atomic E-state index is 0.0461. The molecule has 0 unspecified atom stereocenters. The summed E-state index contributed by atoms with van der Waals surface area (Å²) in [5.41, 5.74) is 1.07. The first-order chi connectivity index (χ1) is 14.4. The van der Waals surface area contributed by atoms with Crippen LogP contribution >= 0.6 is 11.3 Å². The van der Waals surface area contributed by atoms with E-state index in [0.717, 1.165) is 16.9 Å².